The van der Waals surface area contributed by atoms with Gasteiger partial charge < -0.3 is 0 Å². The average Bonchev–Trinajstić information content (AvgIpc) is 2.24. The van der Waals surface area contributed by atoms with Gasteiger partial charge in [0.1, 0.15) is 0 Å². The zero-order valence-electron chi connectivity index (χ0n) is 7.93. The molecule has 2 aromatic carbocycles. The third kappa shape index (κ3) is 7.03. The maximum absolute atomic E-state index is 2.00. The van der Waals surface area contributed by atoms with Gasteiger partial charge in [-0.3, -0.25) is 0 Å². The van der Waals surface area contributed by atoms with E-state index in [1.54, 1.807) is 0 Å². The van der Waals surface area contributed by atoms with Gasteiger partial charge in [-0.2, -0.15) is 0 Å². The first-order valence-electron chi connectivity index (χ1n) is 4.00. The predicted octanol–water partition coefficient (Wildman–Crippen LogP) is 2.19. The van der Waals surface area contributed by atoms with Crippen LogP contribution in [0.3, 0.4) is 0 Å². The summed E-state index contributed by atoms with van der Waals surface area (Å²) in [6.45, 7) is 0. The lowest BCUT2D eigenvalue weighted by atomic mass is 10.4. The van der Waals surface area contributed by atoms with Crippen LogP contribution in [0.1, 0.15) is 0 Å². The Morgan fingerprint density at radius 3 is 0.385 bits per heavy atom. The summed E-state index contributed by atoms with van der Waals surface area (Å²) in [5.74, 6) is 0. The zero-order valence-corrected chi connectivity index (χ0v) is 9.93. The van der Waals surface area contributed by atoms with Crippen LogP contribution in [0.25, 0.3) is 0 Å². The van der Waals surface area contributed by atoms with Gasteiger partial charge in [-0.1, -0.05) is 72.8 Å². The van der Waals surface area contributed by atoms with Crippen LogP contribution in [0.2, 0.25) is 0 Å². The van der Waals surface area contributed by atoms with Crippen molar-refractivity contribution in [2.45, 2.75) is 0 Å². The van der Waals surface area contributed by atoms with Crippen LogP contribution in [0.5, 0.6) is 0 Å². The monoisotopic (exact) mass is 187 g/mol. The first-order chi connectivity index (χ1) is 6.00. The van der Waals surface area contributed by atoms with Crippen molar-refractivity contribution in [1.29, 1.82) is 0 Å². The molecule has 0 aliphatic rings. The van der Waals surface area contributed by atoms with Crippen LogP contribution in [-0.4, -0.2) is 11.0 Å². The first-order valence-corrected chi connectivity index (χ1v) is 4.00. The largest absolute Gasteiger partial charge is 0.0623 e. The molecule has 0 bridgehead atoms. The predicted molar refractivity (Wildman–Crippen MR) is 62.8 cm³/mol. The molecule has 0 fully saturated rings. The lowest BCUT2D eigenvalue weighted by Gasteiger charge is -1.69. The molecule has 0 saturated carbocycles. The fraction of sp³-hybridized carbons (Fsp3) is 0. The second-order valence-electron chi connectivity index (χ2n) is 2.31. The van der Waals surface area contributed by atoms with E-state index in [2.05, 4.69) is 0 Å². The molecule has 0 aromatic heterocycles. The van der Waals surface area contributed by atoms with Gasteiger partial charge in [0.25, 0.3) is 0 Å². The van der Waals surface area contributed by atoms with Crippen LogP contribution in [-0.2, 0) is 0 Å². The molecule has 13 heavy (non-hydrogen) atoms. The lowest BCUT2D eigenvalue weighted by molar-refractivity contribution is 1.72. The van der Waals surface area contributed by atoms with Gasteiger partial charge in [0.2, 0.25) is 0 Å². The van der Waals surface area contributed by atoms with Gasteiger partial charge >= 0.3 is 0 Å². The SMILES string of the molecule is [SiH3].c1ccccc1.c1ccccc1. The summed E-state index contributed by atoms with van der Waals surface area (Å²) in [5, 5.41) is 0. The van der Waals surface area contributed by atoms with Crippen LogP contribution in [0, 0.1) is 0 Å². The number of rotatable bonds is 0. The summed E-state index contributed by atoms with van der Waals surface area (Å²) in [6, 6.07) is 24.0. The van der Waals surface area contributed by atoms with E-state index < -0.39 is 0 Å². The minimum atomic E-state index is 0. The summed E-state index contributed by atoms with van der Waals surface area (Å²) < 4.78 is 0. The minimum absolute atomic E-state index is 0. The van der Waals surface area contributed by atoms with Crippen molar-refractivity contribution in [3.8, 4) is 0 Å². The van der Waals surface area contributed by atoms with E-state index in [4.69, 9.17) is 0 Å². The van der Waals surface area contributed by atoms with Gasteiger partial charge in [0, 0.05) is 0 Å². The Balaban J connectivity index is 0.000000206. The van der Waals surface area contributed by atoms with E-state index in [9.17, 15) is 0 Å². The van der Waals surface area contributed by atoms with Crippen molar-refractivity contribution < 1.29 is 0 Å². The molecule has 0 saturated heterocycles. The van der Waals surface area contributed by atoms with Gasteiger partial charge in [-0.25, -0.2) is 0 Å². The molecule has 2 rings (SSSR count). The maximum Gasteiger partial charge on any atom is -0.0125 e. The Labute approximate surface area is 84.3 Å². The molecule has 0 nitrogen and oxygen atoms in total. The van der Waals surface area contributed by atoms with E-state index in [0.717, 1.165) is 0 Å². The molecular formula is C12H15Si. The quantitative estimate of drug-likeness (QED) is 0.555. The molecule has 0 atom stereocenters. The molecule has 0 aliphatic carbocycles. The Kier molecular flexibility index (Phi) is 7.85. The van der Waals surface area contributed by atoms with Crippen LogP contribution < -0.4 is 0 Å². The minimum Gasteiger partial charge on any atom is -0.0623 e. The Hall–Kier alpha value is -1.34. The smallest absolute Gasteiger partial charge is 0.0125 e. The average molecular weight is 187 g/mol. The number of hydrogen-bond acceptors (Lipinski definition) is 0. The summed E-state index contributed by atoms with van der Waals surface area (Å²) >= 11 is 0. The molecule has 0 unspecified atom stereocenters. The zero-order chi connectivity index (χ0) is 8.49. The molecule has 0 amide bonds. The Morgan fingerprint density at radius 2 is 0.308 bits per heavy atom. The van der Waals surface area contributed by atoms with Gasteiger partial charge in [0.05, 0.1) is 0 Å². The van der Waals surface area contributed by atoms with E-state index in [-0.39, 0.29) is 11.0 Å². The van der Waals surface area contributed by atoms with Crippen LogP contribution in [0.15, 0.2) is 72.8 Å². The van der Waals surface area contributed by atoms with E-state index in [1.165, 1.54) is 0 Å². The van der Waals surface area contributed by atoms with Gasteiger partial charge in [0.15, 0.2) is 0 Å². The lowest BCUT2D eigenvalue weighted by Crippen LogP contribution is -1.47. The molecule has 0 N–H and O–H groups in total. The van der Waals surface area contributed by atoms with Gasteiger partial charge in [-0.15, -0.1) is 0 Å². The summed E-state index contributed by atoms with van der Waals surface area (Å²) in [5.41, 5.74) is 0. The third-order valence-corrected chi connectivity index (χ3v) is 1.33. The van der Waals surface area contributed by atoms with Crippen LogP contribution >= 0.6 is 0 Å². The summed E-state index contributed by atoms with van der Waals surface area (Å²) in [6.07, 6.45) is 0. The highest BCUT2D eigenvalue weighted by Gasteiger charge is 1.58. The van der Waals surface area contributed by atoms with Crippen molar-refractivity contribution in [3.05, 3.63) is 72.8 Å². The van der Waals surface area contributed by atoms with E-state index >= 15 is 0 Å². The molecular weight excluding hydrogens is 172 g/mol. The normalized spacial score (nSPS) is 7.38. The first kappa shape index (κ1) is 11.7. The highest BCUT2D eigenvalue weighted by Crippen LogP contribution is 1.80. The summed E-state index contributed by atoms with van der Waals surface area (Å²) in [4.78, 5) is 0. The second kappa shape index (κ2) is 8.75. The highest BCUT2D eigenvalue weighted by atomic mass is 28.1. The topological polar surface area (TPSA) is 0 Å². The molecule has 0 aliphatic heterocycles. The molecule has 0 spiro atoms. The molecule has 1 heteroatoms. The van der Waals surface area contributed by atoms with Gasteiger partial charge in [-0.05, 0) is 11.0 Å². The van der Waals surface area contributed by atoms with Crippen molar-refractivity contribution in [2.75, 3.05) is 0 Å². The van der Waals surface area contributed by atoms with Crippen molar-refractivity contribution in [3.63, 3.8) is 0 Å². The maximum atomic E-state index is 2.00. The van der Waals surface area contributed by atoms with Crippen molar-refractivity contribution >= 4 is 11.0 Å². The fourth-order valence-electron chi connectivity index (χ4n) is 0.770. The highest BCUT2D eigenvalue weighted by molar-refractivity contribution is 5.75. The second-order valence-corrected chi connectivity index (χ2v) is 2.31. The molecule has 1 radical (unpaired) electrons. The number of benzene rings is 2. The Bertz CT molecular complexity index is 181. The molecule has 0 heterocycles. The van der Waals surface area contributed by atoms with E-state index in [0.29, 0.717) is 0 Å². The molecule has 2 aromatic rings. The van der Waals surface area contributed by atoms with E-state index in [1.807, 2.05) is 72.8 Å². The standard InChI is InChI=1S/2C6H6.H3Si/c2*1-2-4-6-5-3-1;/h2*1-6H;1H3. The van der Waals surface area contributed by atoms with Crippen molar-refractivity contribution in [2.24, 2.45) is 0 Å². The fourth-order valence-corrected chi connectivity index (χ4v) is 0.770. The van der Waals surface area contributed by atoms with Crippen LogP contribution in [0.4, 0.5) is 0 Å². The molecule has 67 valence electrons. The third-order valence-electron chi connectivity index (χ3n) is 1.33. The number of hydrogen-bond donors (Lipinski definition) is 0. The van der Waals surface area contributed by atoms with Crippen molar-refractivity contribution in [1.82, 2.24) is 0 Å². The Morgan fingerprint density at radius 1 is 0.231 bits per heavy atom. The summed E-state index contributed by atoms with van der Waals surface area (Å²) in [7, 11) is 0.